The number of hydrogen-bond donors (Lipinski definition) is 2. The normalized spacial score (nSPS) is 12.9. The number of aromatic nitrogens is 1. The molecule has 1 aromatic rings. The van der Waals surface area contributed by atoms with Crippen LogP contribution in [0.2, 0.25) is 0 Å². The summed E-state index contributed by atoms with van der Waals surface area (Å²) < 4.78 is 0. The maximum atomic E-state index is 10.9. The fourth-order valence-electron chi connectivity index (χ4n) is 1.21. The molecular formula is C9H14N2O. The predicted molar refractivity (Wildman–Crippen MR) is 49.0 cm³/mol. The maximum Gasteiger partial charge on any atom is 0.248 e. The van der Waals surface area contributed by atoms with Crippen molar-refractivity contribution in [1.29, 1.82) is 0 Å². The van der Waals surface area contributed by atoms with Gasteiger partial charge >= 0.3 is 0 Å². The standard InChI is InChI=1S/C9H14N2O/c1-3-8(10)7-4-5-9(12)11-6(7)2/h4-5,8H,3,10H2,1-2H3,(H,11,12)/t8-/m0/s1. The third kappa shape index (κ3) is 1.74. The first-order valence-electron chi connectivity index (χ1n) is 4.10. The number of aryl methyl sites for hydroxylation is 1. The molecular weight excluding hydrogens is 152 g/mol. The molecule has 3 heteroatoms. The van der Waals surface area contributed by atoms with Crippen LogP contribution in [0.1, 0.15) is 30.6 Å². The topological polar surface area (TPSA) is 58.9 Å². The first-order valence-corrected chi connectivity index (χ1v) is 4.10. The summed E-state index contributed by atoms with van der Waals surface area (Å²) in [5.41, 5.74) is 7.65. The Bertz CT molecular complexity index is 317. The number of aromatic amines is 1. The van der Waals surface area contributed by atoms with Crippen LogP contribution in [0.25, 0.3) is 0 Å². The zero-order valence-electron chi connectivity index (χ0n) is 7.42. The molecule has 0 unspecified atom stereocenters. The van der Waals surface area contributed by atoms with Gasteiger partial charge in [-0.3, -0.25) is 4.79 Å². The third-order valence-electron chi connectivity index (χ3n) is 2.00. The Labute approximate surface area is 71.6 Å². The van der Waals surface area contributed by atoms with Crippen LogP contribution in [0.4, 0.5) is 0 Å². The van der Waals surface area contributed by atoms with E-state index in [0.717, 1.165) is 17.7 Å². The largest absolute Gasteiger partial charge is 0.326 e. The Morgan fingerprint density at radius 2 is 2.25 bits per heavy atom. The molecule has 1 rings (SSSR count). The van der Waals surface area contributed by atoms with E-state index in [4.69, 9.17) is 5.73 Å². The highest BCUT2D eigenvalue weighted by molar-refractivity contribution is 5.21. The van der Waals surface area contributed by atoms with Crippen molar-refractivity contribution in [3.05, 3.63) is 33.7 Å². The maximum absolute atomic E-state index is 10.9. The minimum Gasteiger partial charge on any atom is -0.326 e. The van der Waals surface area contributed by atoms with Gasteiger partial charge in [0.2, 0.25) is 5.56 Å². The van der Waals surface area contributed by atoms with E-state index >= 15 is 0 Å². The summed E-state index contributed by atoms with van der Waals surface area (Å²) in [6.45, 7) is 3.89. The van der Waals surface area contributed by atoms with Crippen LogP contribution in [0, 0.1) is 6.92 Å². The molecule has 0 aliphatic rings. The molecule has 0 spiro atoms. The molecule has 1 atom stereocenters. The lowest BCUT2D eigenvalue weighted by Gasteiger charge is -2.10. The smallest absolute Gasteiger partial charge is 0.248 e. The summed E-state index contributed by atoms with van der Waals surface area (Å²) in [6.07, 6.45) is 0.882. The van der Waals surface area contributed by atoms with Gasteiger partial charge < -0.3 is 10.7 Å². The number of pyridine rings is 1. The van der Waals surface area contributed by atoms with Crippen LogP contribution >= 0.6 is 0 Å². The van der Waals surface area contributed by atoms with Crippen LogP contribution in [0.15, 0.2) is 16.9 Å². The molecule has 0 aromatic carbocycles. The van der Waals surface area contributed by atoms with Crippen molar-refractivity contribution in [2.45, 2.75) is 26.3 Å². The van der Waals surface area contributed by atoms with Crippen LogP contribution in [0.3, 0.4) is 0 Å². The highest BCUT2D eigenvalue weighted by atomic mass is 16.1. The molecule has 1 heterocycles. The van der Waals surface area contributed by atoms with Gasteiger partial charge in [-0.2, -0.15) is 0 Å². The fraction of sp³-hybridized carbons (Fsp3) is 0.444. The Balaban J connectivity index is 3.09. The molecule has 0 saturated heterocycles. The molecule has 0 saturated carbocycles. The van der Waals surface area contributed by atoms with Gasteiger partial charge in [-0.1, -0.05) is 13.0 Å². The number of hydrogen-bond acceptors (Lipinski definition) is 2. The Morgan fingerprint density at radius 3 is 2.75 bits per heavy atom. The second kappa shape index (κ2) is 3.54. The predicted octanol–water partition coefficient (Wildman–Crippen LogP) is 1.09. The molecule has 12 heavy (non-hydrogen) atoms. The molecule has 0 aliphatic heterocycles. The highest BCUT2D eigenvalue weighted by Crippen LogP contribution is 2.14. The van der Waals surface area contributed by atoms with Gasteiger partial charge in [0, 0.05) is 17.8 Å². The zero-order valence-corrected chi connectivity index (χ0v) is 7.42. The van der Waals surface area contributed by atoms with Crippen molar-refractivity contribution in [1.82, 2.24) is 4.98 Å². The molecule has 0 amide bonds. The fourth-order valence-corrected chi connectivity index (χ4v) is 1.21. The summed E-state index contributed by atoms with van der Waals surface area (Å²) in [7, 11) is 0. The quantitative estimate of drug-likeness (QED) is 0.691. The SMILES string of the molecule is CC[C@H](N)c1ccc(=O)[nH]c1C. The second-order valence-electron chi connectivity index (χ2n) is 2.92. The Kier molecular flexibility index (Phi) is 2.65. The average molecular weight is 166 g/mol. The van der Waals surface area contributed by atoms with Crippen molar-refractivity contribution in [3.63, 3.8) is 0 Å². The monoisotopic (exact) mass is 166 g/mol. The number of nitrogens with two attached hydrogens (primary N) is 1. The van der Waals surface area contributed by atoms with Gasteiger partial charge in [-0.15, -0.1) is 0 Å². The second-order valence-corrected chi connectivity index (χ2v) is 2.92. The first kappa shape index (κ1) is 9.00. The summed E-state index contributed by atoms with van der Waals surface area (Å²) in [5.74, 6) is 0. The van der Waals surface area contributed by atoms with Crippen molar-refractivity contribution < 1.29 is 0 Å². The lowest BCUT2D eigenvalue weighted by atomic mass is 10.0. The van der Waals surface area contributed by atoms with E-state index in [0.29, 0.717) is 0 Å². The lowest BCUT2D eigenvalue weighted by Crippen LogP contribution is -2.15. The van der Waals surface area contributed by atoms with E-state index < -0.39 is 0 Å². The number of nitrogens with one attached hydrogen (secondary N) is 1. The van der Waals surface area contributed by atoms with E-state index in [2.05, 4.69) is 4.98 Å². The summed E-state index contributed by atoms with van der Waals surface area (Å²) in [4.78, 5) is 13.6. The molecule has 3 N–H and O–H groups in total. The molecule has 3 nitrogen and oxygen atoms in total. The van der Waals surface area contributed by atoms with Crippen molar-refractivity contribution in [3.8, 4) is 0 Å². The van der Waals surface area contributed by atoms with E-state index in [9.17, 15) is 4.79 Å². The number of H-pyrrole nitrogens is 1. The van der Waals surface area contributed by atoms with Gasteiger partial charge in [-0.25, -0.2) is 0 Å². The van der Waals surface area contributed by atoms with Gasteiger partial charge in [0.05, 0.1) is 0 Å². The van der Waals surface area contributed by atoms with Crippen molar-refractivity contribution >= 4 is 0 Å². The van der Waals surface area contributed by atoms with Gasteiger partial charge in [0.15, 0.2) is 0 Å². The zero-order chi connectivity index (χ0) is 9.14. The van der Waals surface area contributed by atoms with Gasteiger partial charge in [0.1, 0.15) is 0 Å². The molecule has 0 aliphatic carbocycles. The third-order valence-corrected chi connectivity index (χ3v) is 2.00. The summed E-state index contributed by atoms with van der Waals surface area (Å²) in [5, 5.41) is 0. The van der Waals surface area contributed by atoms with E-state index in [1.807, 2.05) is 13.8 Å². The molecule has 0 radical (unpaired) electrons. The van der Waals surface area contributed by atoms with Crippen LogP contribution in [-0.4, -0.2) is 4.98 Å². The van der Waals surface area contributed by atoms with Crippen LogP contribution in [0.5, 0.6) is 0 Å². The number of rotatable bonds is 2. The highest BCUT2D eigenvalue weighted by Gasteiger charge is 2.05. The molecule has 1 aromatic heterocycles. The molecule has 0 fully saturated rings. The van der Waals surface area contributed by atoms with Crippen molar-refractivity contribution in [2.75, 3.05) is 0 Å². The Morgan fingerprint density at radius 1 is 1.58 bits per heavy atom. The van der Waals surface area contributed by atoms with E-state index in [1.54, 1.807) is 6.07 Å². The van der Waals surface area contributed by atoms with Crippen LogP contribution < -0.4 is 11.3 Å². The summed E-state index contributed by atoms with van der Waals surface area (Å²) in [6, 6.07) is 3.34. The molecule has 66 valence electrons. The molecule has 0 bridgehead atoms. The minimum atomic E-state index is -0.0699. The van der Waals surface area contributed by atoms with Gasteiger partial charge in [-0.05, 0) is 18.9 Å². The lowest BCUT2D eigenvalue weighted by molar-refractivity contribution is 0.688. The summed E-state index contributed by atoms with van der Waals surface area (Å²) >= 11 is 0. The first-order chi connectivity index (χ1) is 5.65. The Hall–Kier alpha value is -1.09. The average Bonchev–Trinajstić information content (AvgIpc) is 2.03. The van der Waals surface area contributed by atoms with Crippen LogP contribution in [-0.2, 0) is 0 Å². The van der Waals surface area contributed by atoms with Gasteiger partial charge in [0.25, 0.3) is 0 Å². The minimum absolute atomic E-state index is 0.0295. The van der Waals surface area contributed by atoms with E-state index in [-0.39, 0.29) is 11.6 Å². The van der Waals surface area contributed by atoms with E-state index in [1.165, 1.54) is 6.07 Å². The van der Waals surface area contributed by atoms with Crippen molar-refractivity contribution in [2.24, 2.45) is 5.73 Å².